The van der Waals surface area contributed by atoms with Crippen molar-refractivity contribution in [2.45, 2.75) is 13.0 Å². The van der Waals surface area contributed by atoms with Gasteiger partial charge in [-0.05, 0) is 24.6 Å². The Morgan fingerprint density at radius 3 is 2.65 bits per heavy atom. The van der Waals surface area contributed by atoms with Crippen LogP contribution in [0.25, 0.3) is 0 Å². The standard InChI is InChI=1S/C11H12FNO4/c1-6-2-3-7(12)4-8(6)10(15)13-9(5-14)11(16)17/h2-4,9,14H,5H2,1H3,(H,13,15)(H,16,17). The first-order chi connectivity index (χ1) is 7.95. The van der Waals surface area contributed by atoms with Gasteiger partial charge in [0.05, 0.1) is 6.61 Å². The Labute approximate surface area is 96.9 Å². The number of carbonyl (C=O) groups excluding carboxylic acids is 1. The third kappa shape index (κ3) is 3.25. The van der Waals surface area contributed by atoms with Gasteiger partial charge in [-0.2, -0.15) is 0 Å². The second-order valence-electron chi connectivity index (χ2n) is 3.51. The minimum atomic E-state index is -1.40. The number of benzene rings is 1. The molecule has 5 nitrogen and oxygen atoms in total. The molecule has 0 bridgehead atoms. The first-order valence-corrected chi connectivity index (χ1v) is 4.86. The van der Waals surface area contributed by atoms with E-state index in [9.17, 15) is 14.0 Å². The van der Waals surface area contributed by atoms with Crippen molar-refractivity contribution in [1.29, 1.82) is 0 Å². The number of aliphatic hydroxyl groups excluding tert-OH is 1. The zero-order valence-electron chi connectivity index (χ0n) is 9.11. The van der Waals surface area contributed by atoms with Crippen molar-refractivity contribution in [2.24, 2.45) is 0 Å². The summed E-state index contributed by atoms with van der Waals surface area (Å²) in [6.07, 6.45) is 0. The molecule has 1 atom stereocenters. The van der Waals surface area contributed by atoms with E-state index in [4.69, 9.17) is 10.2 Å². The Kier molecular flexibility index (Phi) is 4.17. The molecule has 0 aliphatic heterocycles. The topological polar surface area (TPSA) is 86.6 Å². The number of halogens is 1. The summed E-state index contributed by atoms with van der Waals surface area (Å²) in [5, 5.41) is 19.5. The van der Waals surface area contributed by atoms with Crippen molar-refractivity contribution in [2.75, 3.05) is 6.61 Å². The number of hydrogen-bond acceptors (Lipinski definition) is 3. The first-order valence-electron chi connectivity index (χ1n) is 4.86. The number of aliphatic carboxylic acids is 1. The number of hydrogen-bond donors (Lipinski definition) is 3. The highest BCUT2D eigenvalue weighted by molar-refractivity contribution is 5.97. The number of aliphatic hydroxyl groups is 1. The molecule has 6 heteroatoms. The molecular formula is C11H12FNO4. The summed E-state index contributed by atoms with van der Waals surface area (Å²) in [6.45, 7) is 0.874. The number of carbonyl (C=O) groups is 2. The van der Waals surface area contributed by atoms with Crippen LogP contribution in [0.1, 0.15) is 15.9 Å². The molecule has 1 unspecified atom stereocenters. The summed E-state index contributed by atoms with van der Waals surface area (Å²) in [5.74, 6) is -2.67. The van der Waals surface area contributed by atoms with Crippen LogP contribution in [0.2, 0.25) is 0 Å². The van der Waals surface area contributed by atoms with Crippen molar-refractivity contribution in [3.05, 3.63) is 35.1 Å². The van der Waals surface area contributed by atoms with Crippen LogP contribution in [0.4, 0.5) is 4.39 Å². The Hall–Kier alpha value is -1.95. The van der Waals surface area contributed by atoms with Gasteiger partial charge in [-0.15, -0.1) is 0 Å². The fourth-order valence-electron chi connectivity index (χ4n) is 1.26. The molecule has 0 saturated carbocycles. The molecule has 0 fully saturated rings. The SMILES string of the molecule is Cc1ccc(F)cc1C(=O)NC(CO)C(=O)O. The molecule has 0 aliphatic rings. The Bertz CT molecular complexity index is 447. The molecule has 1 amide bonds. The molecule has 1 rings (SSSR count). The Balaban J connectivity index is 2.89. The van der Waals surface area contributed by atoms with Crippen LogP contribution in [0.3, 0.4) is 0 Å². The predicted molar refractivity (Wildman–Crippen MR) is 57.1 cm³/mol. The number of aryl methyl sites for hydroxylation is 1. The average molecular weight is 241 g/mol. The summed E-state index contributed by atoms with van der Waals surface area (Å²) >= 11 is 0. The third-order valence-electron chi connectivity index (χ3n) is 2.23. The molecule has 0 aromatic heterocycles. The van der Waals surface area contributed by atoms with Crippen molar-refractivity contribution < 1.29 is 24.2 Å². The van der Waals surface area contributed by atoms with Gasteiger partial charge in [-0.3, -0.25) is 4.79 Å². The molecule has 0 spiro atoms. The quantitative estimate of drug-likeness (QED) is 0.708. The number of carboxylic acids is 1. The monoisotopic (exact) mass is 241 g/mol. The number of amides is 1. The van der Waals surface area contributed by atoms with Crippen LogP contribution in [-0.4, -0.2) is 34.7 Å². The number of carboxylic acid groups (broad SMARTS) is 1. The lowest BCUT2D eigenvalue weighted by molar-refractivity contribution is -0.140. The minimum Gasteiger partial charge on any atom is -0.480 e. The van der Waals surface area contributed by atoms with Crippen LogP contribution >= 0.6 is 0 Å². The van der Waals surface area contributed by atoms with Gasteiger partial charge in [-0.1, -0.05) is 6.07 Å². The van der Waals surface area contributed by atoms with Gasteiger partial charge < -0.3 is 15.5 Å². The van der Waals surface area contributed by atoms with E-state index in [0.717, 1.165) is 6.07 Å². The van der Waals surface area contributed by atoms with Crippen molar-refractivity contribution >= 4 is 11.9 Å². The van der Waals surface area contributed by atoms with E-state index in [2.05, 4.69) is 5.32 Å². The lowest BCUT2D eigenvalue weighted by Gasteiger charge is -2.12. The van der Waals surface area contributed by atoms with Gasteiger partial charge in [0.25, 0.3) is 5.91 Å². The molecular weight excluding hydrogens is 229 g/mol. The normalized spacial score (nSPS) is 11.9. The maximum Gasteiger partial charge on any atom is 0.328 e. The fraction of sp³-hybridized carbons (Fsp3) is 0.273. The van der Waals surface area contributed by atoms with E-state index in [1.165, 1.54) is 12.1 Å². The van der Waals surface area contributed by atoms with Gasteiger partial charge in [0, 0.05) is 5.56 Å². The van der Waals surface area contributed by atoms with E-state index in [-0.39, 0.29) is 5.56 Å². The maximum absolute atomic E-state index is 12.9. The van der Waals surface area contributed by atoms with Crippen LogP contribution in [-0.2, 0) is 4.79 Å². The molecule has 1 aromatic rings. The van der Waals surface area contributed by atoms with Gasteiger partial charge in [0.2, 0.25) is 0 Å². The minimum absolute atomic E-state index is 0.0460. The zero-order chi connectivity index (χ0) is 13.0. The molecule has 92 valence electrons. The zero-order valence-corrected chi connectivity index (χ0v) is 9.11. The van der Waals surface area contributed by atoms with E-state index in [0.29, 0.717) is 5.56 Å². The van der Waals surface area contributed by atoms with Gasteiger partial charge >= 0.3 is 5.97 Å². The van der Waals surface area contributed by atoms with E-state index in [1.807, 2.05) is 0 Å². The highest BCUT2D eigenvalue weighted by atomic mass is 19.1. The smallest absolute Gasteiger partial charge is 0.328 e. The molecule has 0 radical (unpaired) electrons. The third-order valence-corrected chi connectivity index (χ3v) is 2.23. The van der Waals surface area contributed by atoms with Crippen molar-refractivity contribution in [3.8, 4) is 0 Å². The number of nitrogens with one attached hydrogen (secondary N) is 1. The van der Waals surface area contributed by atoms with Crippen LogP contribution < -0.4 is 5.32 Å². The van der Waals surface area contributed by atoms with E-state index in [1.54, 1.807) is 6.92 Å². The van der Waals surface area contributed by atoms with Crippen molar-refractivity contribution in [3.63, 3.8) is 0 Å². The molecule has 0 aliphatic carbocycles. The van der Waals surface area contributed by atoms with Gasteiger partial charge in [0.1, 0.15) is 5.82 Å². The van der Waals surface area contributed by atoms with Gasteiger partial charge in [-0.25, -0.2) is 9.18 Å². The summed E-state index contributed by atoms with van der Waals surface area (Å²) in [4.78, 5) is 22.2. The molecule has 3 N–H and O–H groups in total. The van der Waals surface area contributed by atoms with Crippen molar-refractivity contribution in [1.82, 2.24) is 5.32 Å². The lowest BCUT2D eigenvalue weighted by atomic mass is 10.1. The molecule has 1 aromatic carbocycles. The molecule has 17 heavy (non-hydrogen) atoms. The summed E-state index contributed by atoms with van der Waals surface area (Å²) < 4.78 is 12.9. The maximum atomic E-state index is 12.9. The van der Waals surface area contributed by atoms with Gasteiger partial charge in [0.15, 0.2) is 6.04 Å². The Morgan fingerprint density at radius 2 is 2.12 bits per heavy atom. The largest absolute Gasteiger partial charge is 0.480 e. The van der Waals surface area contributed by atoms with E-state index >= 15 is 0 Å². The van der Waals surface area contributed by atoms with Crippen LogP contribution in [0, 0.1) is 12.7 Å². The summed E-state index contributed by atoms with van der Waals surface area (Å²) in [5.41, 5.74) is 0.565. The number of rotatable bonds is 4. The average Bonchev–Trinajstić information content (AvgIpc) is 2.28. The second kappa shape index (κ2) is 5.40. The lowest BCUT2D eigenvalue weighted by Crippen LogP contribution is -2.43. The highest BCUT2D eigenvalue weighted by Gasteiger charge is 2.20. The molecule has 0 saturated heterocycles. The Morgan fingerprint density at radius 1 is 1.47 bits per heavy atom. The highest BCUT2D eigenvalue weighted by Crippen LogP contribution is 2.10. The van der Waals surface area contributed by atoms with Crippen LogP contribution in [0.5, 0.6) is 0 Å². The second-order valence-corrected chi connectivity index (χ2v) is 3.51. The predicted octanol–water partition coefficient (Wildman–Crippen LogP) is 0.309. The van der Waals surface area contributed by atoms with E-state index < -0.39 is 30.3 Å². The summed E-state index contributed by atoms with van der Waals surface area (Å²) in [6, 6.07) is 2.23. The fourth-order valence-corrected chi connectivity index (χ4v) is 1.26. The first kappa shape index (κ1) is 13.1. The van der Waals surface area contributed by atoms with Crippen LogP contribution in [0.15, 0.2) is 18.2 Å². The summed E-state index contributed by atoms with van der Waals surface area (Å²) in [7, 11) is 0. The molecule has 0 heterocycles.